The summed E-state index contributed by atoms with van der Waals surface area (Å²) in [7, 11) is 0. The van der Waals surface area contributed by atoms with Gasteiger partial charge in [-0.05, 0) is 30.4 Å². The van der Waals surface area contributed by atoms with Crippen LogP contribution < -0.4 is 0 Å². The summed E-state index contributed by atoms with van der Waals surface area (Å²) in [5, 5.41) is 8.24. The van der Waals surface area contributed by atoms with Crippen molar-refractivity contribution in [1.82, 2.24) is 15.1 Å². The Morgan fingerprint density at radius 1 is 1.36 bits per heavy atom. The van der Waals surface area contributed by atoms with Crippen LogP contribution >= 0.6 is 11.8 Å². The number of carbonyl (C=O) groups is 1. The molecule has 0 aliphatic carbocycles. The summed E-state index contributed by atoms with van der Waals surface area (Å²) in [5.74, 6) is 2.43. The Morgan fingerprint density at radius 2 is 2.14 bits per heavy atom. The van der Waals surface area contributed by atoms with Crippen molar-refractivity contribution in [1.29, 1.82) is 0 Å². The van der Waals surface area contributed by atoms with E-state index in [1.165, 1.54) is 18.2 Å². The third-order valence-electron chi connectivity index (χ3n) is 3.68. The predicted octanol–water partition coefficient (Wildman–Crippen LogP) is 2.93. The van der Waals surface area contributed by atoms with Gasteiger partial charge in [0.25, 0.3) is 11.1 Å². The third kappa shape index (κ3) is 3.52. The van der Waals surface area contributed by atoms with Crippen LogP contribution in [0.4, 0.5) is 0 Å². The molecule has 1 aliphatic rings. The van der Waals surface area contributed by atoms with Gasteiger partial charge in [-0.3, -0.25) is 4.79 Å². The van der Waals surface area contributed by atoms with E-state index in [1.807, 2.05) is 4.90 Å². The molecule has 0 unspecified atom stereocenters. The molecule has 2 atom stereocenters. The molecule has 0 radical (unpaired) electrons. The van der Waals surface area contributed by atoms with Crippen LogP contribution in [0.1, 0.15) is 20.3 Å². The first-order valence-corrected chi connectivity index (χ1v) is 8.38. The number of carbonyl (C=O) groups excluding carboxylic acids is 1. The van der Waals surface area contributed by atoms with Gasteiger partial charge in [0.05, 0.1) is 12.0 Å². The minimum atomic E-state index is 0.126. The molecule has 6 nitrogen and oxygen atoms in total. The van der Waals surface area contributed by atoms with Crippen molar-refractivity contribution in [3.05, 3.63) is 18.4 Å². The second-order valence-corrected chi connectivity index (χ2v) is 6.81. The van der Waals surface area contributed by atoms with E-state index in [9.17, 15) is 4.79 Å². The topological polar surface area (TPSA) is 72.4 Å². The molecule has 0 saturated carbocycles. The van der Waals surface area contributed by atoms with Gasteiger partial charge in [-0.1, -0.05) is 25.6 Å². The molecule has 0 spiro atoms. The Labute approximate surface area is 133 Å². The van der Waals surface area contributed by atoms with Gasteiger partial charge in [-0.2, -0.15) is 0 Å². The van der Waals surface area contributed by atoms with Gasteiger partial charge in [0.15, 0.2) is 5.76 Å². The Balaban J connectivity index is 1.55. The molecule has 0 aromatic carbocycles. The first-order chi connectivity index (χ1) is 10.6. The number of hydrogen-bond acceptors (Lipinski definition) is 6. The van der Waals surface area contributed by atoms with E-state index in [-0.39, 0.29) is 5.91 Å². The molecule has 118 valence electrons. The quantitative estimate of drug-likeness (QED) is 0.806. The van der Waals surface area contributed by atoms with Gasteiger partial charge in [0.2, 0.25) is 5.91 Å². The lowest BCUT2D eigenvalue weighted by molar-refractivity contribution is -0.130. The van der Waals surface area contributed by atoms with Crippen molar-refractivity contribution in [2.75, 3.05) is 18.8 Å². The van der Waals surface area contributed by atoms with E-state index < -0.39 is 0 Å². The minimum Gasteiger partial charge on any atom is -0.459 e. The molecule has 0 bridgehead atoms. The number of furan rings is 1. The van der Waals surface area contributed by atoms with Crippen LogP contribution in [0.25, 0.3) is 11.7 Å². The van der Waals surface area contributed by atoms with Crippen LogP contribution in [0.2, 0.25) is 0 Å². The summed E-state index contributed by atoms with van der Waals surface area (Å²) < 4.78 is 10.7. The maximum atomic E-state index is 12.3. The van der Waals surface area contributed by atoms with Crippen LogP contribution in [0.5, 0.6) is 0 Å². The lowest BCUT2D eigenvalue weighted by atomic mass is 9.92. The molecule has 7 heteroatoms. The average Bonchev–Trinajstić information content (AvgIpc) is 3.14. The highest BCUT2D eigenvalue weighted by molar-refractivity contribution is 7.99. The second-order valence-electron chi connectivity index (χ2n) is 5.88. The normalized spacial score (nSPS) is 22.0. The van der Waals surface area contributed by atoms with Crippen molar-refractivity contribution in [3.63, 3.8) is 0 Å². The SMILES string of the molecule is C[C@@H]1C[C@@H](C)CN(C(=O)CSc2nnc(-c3ccco3)o2)C1. The molecule has 2 aromatic rings. The standard InChI is InChI=1S/C15H19N3O3S/c1-10-6-11(2)8-18(7-10)13(19)9-22-15-17-16-14(21-15)12-4-3-5-20-12/h3-5,10-11H,6-9H2,1-2H3/t10-,11-/m1/s1. The third-order valence-corrected chi connectivity index (χ3v) is 4.48. The summed E-state index contributed by atoms with van der Waals surface area (Å²) in [6.07, 6.45) is 2.74. The Bertz CT molecular complexity index is 616. The lowest BCUT2D eigenvalue weighted by Gasteiger charge is -2.34. The maximum absolute atomic E-state index is 12.3. The number of likely N-dealkylation sites (tertiary alicyclic amines) is 1. The summed E-state index contributed by atoms with van der Waals surface area (Å²) in [6, 6.07) is 3.51. The van der Waals surface area contributed by atoms with E-state index in [2.05, 4.69) is 24.0 Å². The van der Waals surface area contributed by atoms with Gasteiger partial charge in [-0.25, -0.2) is 0 Å². The zero-order valence-electron chi connectivity index (χ0n) is 12.7. The van der Waals surface area contributed by atoms with Gasteiger partial charge >= 0.3 is 0 Å². The van der Waals surface area contributed by atoms with E-state index in [0.717, 1.165) is 13.1 Å². The fourth-order valence-electron chi connectivity index (χ4n) is 2.85. The van der Waals surface area contributed by atoms with Crippen LogP contribution in [-0.2, 0) is 4.79 Å². The molecular weight excluding hydrogens is 302 g/mol. The maximum Gasteiger partial charge on any atom is 0.284 e. The number of aromatic nitrogens is 2. The van der Waals surface area contributed by atoms with E-state index in [0.29, 0.717) is 34.5 Å². The van der Waals surface area contributed by atoms with Crippen molar-refractivity contribution in [2.45, 2.75) is 25.5 Å². The predicted molar refractivity (Wildman–Crippen MR) is 82.2 cm³/mol. The fraction of sp³-hybridized carbons (Fsp3) is 0.533. The number of amides is 1. The monoisotopic (exact) mass is 321 g/mol. The first-order valence-electron chi connectivity index (χ1n) is 7.39. The number of rotatable bonds is 4. The van der Waals surface area contributed by atoms with Gasteiger partial charge in [-0.15, -0.1) is 10.2 Å². The van der Waals surface area contributed by atoms with Crippen LogP contribution in [0, 0.1) is 11.8 Å². The fourth-order valence-corrected chi connectivity index (χ4v) is 3.52. The van der Waals surface area contributed by atoms with Gasteiger partial charge < -0.3 is 13.7 Å². The Kier molecular flexibility index (Phi) is 4.52. The summed E-state index contributed by atoms with van der Waals surface area (Å²) in [5.41, 5.74) is 0. The van der Waals surface area contributed by atoms with Crippen LogP contribution in [-0.4, -0.2) is 39.8 Å². The highest BCUT2D eigenvalue weighted by Gasteiger charge is 2.25. The molecule has 1 aliphatic heterocycles. The van der Waals surface area contributed by atoms with E-state index >= 15 is 0 Å². The molecule has 1 amide bonds. The summed E-state index contributed by atoms with van der Waals surface area (Å²) in [6.45, 7) is 6.06. The summed E-state index contributed by atoms with van der Waals surface area (Å²) >= 11 is 1.27. The number of nitrogens with zero attached hydrogens (tertiary/aromatic N) is 3. The minimum absolute atomic E-state index is 0.126. The molecule has 2 aromatic heterocycles. The molecule has 1 saturated heterocycles. The zero-order valence-corrected chi connectivity index (χ0v) is 13.5. The lowest BCUT2D eigenvalue weighted by Crippen LogP contribution is -2.43. The van der Waals surface area contributed by atoms with E-state index in [1.54, 1.807) is 18.4 Å². The molecule has 3 rings (SSSR count). The van der Waals surface area contributed by atoms with Crippen molar-refractivity contribution >= 4 is 17.7 Å². The molecule has 22 heavy (non-hydrogen) atoms. The highest BCUT2D eigenvalue weighted by Crippen LogP contribution is 2.25. The Hall–Kier alpha value is -1.76. The number of thioether (sulfide) groups is 1. The van der Waals surface area contributed by atoms with E-state index in [4.69, 9.17) is 8.83 Å². The molecule has 1 fully saturated rings. The summed E-state index contributed by atoms with van der Waals surface area (Å²) in [4.78, 5) is 14.2. The van der Waals surface area contributed by atoms with Crippen molar-refractivity contribution in [2.24, 2.45) is 11.8 Å². The highest BCUT2D eigenvalue weighted by atomic mass is 32.2. The zero-order chi connectivity index (χ0) is 15.5. The smallest absolute Gasteiger partial charge is 0.284 e. The van der Waals surface area contributed by atoms with Gasteiger partial charge in [0, 0.05) is 13.1 Å². The average molecular weight is 321 g/mol. The molecule has 3 heterocycles. The number of hydrogen-bond donors (Lipinski definition) is 0. The van der Waals surface area contributed by atoms with Crippen molar-refractivity contribution in [3.8, 4) is 11.7 Å². The molecule has 0 N–H and O–H groups in total. The molecular formula is C15H19N3O3S. The van der Waals surface area contributed by atoms with Crippen LogP contribution in [0.15, 0.2) is 32.5 Å². The largest absolute Gasteiger partial charge is 0.459 e. The second kappa shape index (κ2) is 6.56. The Morgan fingerprint density at radius 3 is 2.82 bits per heavy atom. The van der Waals surface area contributed by atoms with Gasteiger partial charge in [0.1, 0.15) is 0 Å². The van der Waals surface area contributed by atoms with Crippen molar-refractivity contribution < 1.29 is 13.6 Å². The van der Waals surface area contributed by atoms with Crippen LogP contribution in [0.3, 0.4) is 0 Å². The number of piperidine rings is 1. The first kappa shape index (κ1) is 15.1.